The molecule has 15 heavy (non-hydrogen) atoms. The Morgan fingerprint density at radius 3 is 2.53 bits per heavy atom. The summed E-state index contributed by atoms with van der Waals surface area (Å²) in [4.78, 5) is 10.7. The summed E-state index contributed by atoms with van der Waals surface area (Å²) in [6, 6.07) is 0. The lowest BCUT2D eigenvalue weighted by atomic mass is 10.2. The van der Waals surface area contributed by atoms with Crippen molar-refractivity contribution >= 4 is 5.82 Å². The van der Waals surface area contributed by atoms with E-state index in [-0.39, 0.29) is 6.61 Å². The Kier molecular flexibility index (Phi) is 3.50. The predicted octanol–water partition coefficient (Wildman–Crippen LogP) is 1.35. The van der Waals surface area contributed by atoms with Crippen molar-refractivity contribution in [2.75, 3.05) is 18.0 Å². The van der Waals surface area contributed by atoms with Gasteiger partial charge in [-0.15, -0.1) is 0 Å². The number of hydrogen-bond donors (Lipinski definition) is 1. The van der Waals surface area contributed by atoms with Gasteiger partial charge in [0.2, 0.25) is 0 Å². The molecule has 2 heterocycles. The number of hydrogen-bond acceptors (Lipinski definition) is 4. The lowest BCUT2D eigenvalue weighted by Crippen LogP contribution is -2.25. The highest BCUT2D eigenvalue weighted by atomic mass is 16.3. The van der Waals surface area contributed by atoms with Crippen LogP contribution in [0.5, 0.6) is 0 Å². The van der Waals surface area contributed by atoms with Crippen LogP contribution in [-0.2, 0) is 6.61 Å². The van der Waals surface area contributed by atoms with Crippen LogP contribution in [0.3, 0.4) is 0 Å². The highest BCUT2D eigenvalue weighted by molar-refractivity contribution is 5.36. The van der Waals surface area contributed by atoms with Gasteiger partial charge in [0.05, 0.1) is 24.7 Å². The summed E-state index contributed by atoms with van der Waals surface area (Å²) in [5, 5.41) is 8.99. The Morgan fingerprint density at radius 2 is 1.87 bits per heavy atom. The Balaban J connectivity index is 2.12. The SMILES string of the molecule is OCc1cncc(N2CCCCCC2)n1. The largest absolute Gasteiger partial charge is 0.390 e. The van der Waals surface area contributed by atoms with Gasteiger partial charge in [-0.2, -0.15) is 0 Å². The summed E-state index contributed by atoms with van der Waals surface area (Å²) in [7, 11) is 0. The molecule has 0 radical (unpaired) electrons. The minimum atomic E-state index is -0.0331. The molecule has 1 aliphatic rings. The molecule has 0 unspecified atom stereocenters. The average molecular weight is 207 g/mol. The van der Waals surface area contributed by atoms with Gasteiger partial charge in [0.15, 0.2) is 0 Å². The molecule has 82 valence electrons. The van der Waals surface area contributed by atoms with Crippen molar-refractivity contribution in [2.45, 2.75) is 32.3 Å². The van der Waals surface area contributed by atoms with Gasteiger partial charge in [0, 0.05) is 13.1 Å². The van der Waals surface area contributed by atoms with Gasteiger partial charge in [-0.3, -0.25) is 4.98 Å². The second kappa shape index (κ2) is 5.07. The van der Waals surface area contributed by atoms with Crippen LogP contribution in [0.15, 0.2) is 12.4 Å². The summed E-state index contributed by atoms with van der Waals surface area (Å²) in [6.07, 6.45) is 8.47. The summed E-state index contributed by atoms with van der Waals surface area (Å²) in [5.41, 5.74) is 0.650. The Morgan fingerprint density at radius 1 is 1.13 bits per heavy atom. The molecular formula is C11H17N3O. The normalized spacial score (nSPS) is 17.5. The van der Waals surface area contributed by atoms with E-state index in [1.54, 1.807) is 12.4 Å². The minimum absolute atomic E-state index is 0.0331. The van der Waals surface area contributed by atoms with E-state index in [4.69, 9.17) is 5.11 Å². The molecule has 0 atom stereocenters. The third-order valence-corrected chi connectivity index (χ3v) is 2.76. The molecule has 0 spiro atoms. The first-order valence-corrected chi connectivity index (χ1v) is 5.57. The van der Waals surface area contributed by atoms with Crippen molar-refractivity contribution < 1.29 is 5.11 Å². The lowest BCUT2D eigenvalue weighted by molar-refractivity contribution is 0.276. The van der Waals surface area contributed by atoms with Crippen LogP contribution in [0, 0.1) is 0 Å². The number of aromatic nitrogens is 2. The zero-order valence-electron chi connectivity index (χ0n) is 8.89. The fourth-order valence-corrected chi connectivity index (χ4v) is 1.92. The van der Waals surface area contributed by atoms with E-state index in [1.807, 2.05) is 0 Å². The van der Waals surface area contributed by atoms with E-state index in [9.17, 15) is 0 Å². The number of anilines is 1. The molecule has 1 saturated heterocycles. The van der Waals surface area contributed by atoms with Crippen LogP contribution in [0.25, 0.3) is 0 Å². The van der Waals surface area contributed by atoms with Gasteiger partial charge in [-0.25, -0.2) is 4.98 Å². The molecule has 1 N–H and O–H groups in total. The molecule has 0 saturated carbocycles. The smallest absolute Gasteiger partial charge is 0.147 e. The van der Waals surface area contributed by atoms with Crippen LogP contribution in [0.1, 0.15) is 31.4 Å². The van der Waals surface area contributed by atoms with Crippen LogP contribution < -0.4 is 4.90 Å². The van der Waals surface area contributed by atoms with Gasteiger partial charge in [-0.1, -0.05) is 12.8 Å². The highest BCUT2D eigenvalue weighted by Crippen LogP contribution is 2.16. The molecule has 0 aliphatic carbocycles. The van der Waals surface area contributed by atoms with E-state index in [1.165, 1.54) is 25.7 Å². The molecule has 4 heteroatoms. The topological polar surface area (TPSA) is 49.3 Å². The zero-order valence-corrected chi connectivity index (χ0v) is 8.89. The monoisotopic (exact) mass is 207 g/mol. The second-order valence-electron chi connectivity index (χ2n) is 3.93. The van der Waals surface area contributed by atoms with E-state index in [0.29, 0.717) is 5.69 Å². The summed E-state index contributed by atoms with van der Waals surface area (Å²) < 4.78 is 0. The summed E-state index contributed by atoms with van der Waals surface area (Å²) in [5.74, 6) is 0.906. The fraction of sp³-hybridized carbons (Fsp3) is 0.636. The molecular weight excluding hydrogens is 190 g/mol. The summed E-state index contributed by atoms with van der Waals surface area (Å²) in [6.45, 7) is 2.09. The standard InChI is InChI=1S/C11H17N3O/c15-9-10-7-12-8-11(13-10)14-5-3-1-2-4-6-14/h7-8,15H,1-6,9H2. The number of aliphatic hydroxyl groups is 1. The van der Waals surface area contributed by atoms with Crippen LogP contribution in [-0.4, -0.2) is 28.2 Å². The Hall–Kier alpha value is -1.16. The fourth-order valence-electron chi connectivity index (χ4n) is 1.92. The molecule has 1 aromatic heterocycles. The maximum Gasteiger partial charge on any atom is 0.147 e. The Bertz CT molecular complexity index is 308. The third-order valence-electron chi connectivity index (χ3n) is 2.76. The van der Waals surface area contributed by atoms with Crippen molar-refractivity contribution in [3.05, 3.63) is 18.1 Å². The first kappa shape index (κ1) is 10.4. The van der Waals surface area contributed by atoms with Crippen LogP contribution in [0.2, 0.25) is 0 Å². The molecule has 1 fully saturated rings. The predicted molar refractivity (Wildman–Crippen MR) is 58.6 cm³/mol. The minimum Gasteiger partial charge on any atom is -0.390 e. The van der Waals surface area contributed by atoms with Gasteiger partial charge < -0.3 is 10.0 Å². The molecule has 1 aliphatic heterocycles. The molecule has 0 amide bonds. The average Bonchev–Trinajstić information content (AvgIpc) is 2.58. The molecule has 2 rings (SSSR count). The van der Waals surface area contributed by atoms with Crippen LogP contribution in [0.4, 0.5) is 5.82 Å². The van der Waals surface area contributed by atoms with Crippen molar-refractivity contribution in [1.82, 2.24) is 9.97 Å². The van der Waals surface area contributed by atoms with E-state index in [0.717, 1.165) is 18.9 Å². The van der Waals surface area contributed by atoms with Crippen molar-refractivity contribution in [3.8, 4) is 0 Å². The van der Waals surface area contributed by atoms with Crippen molar-refractivity contribution in [2.24, 2.45) is 0 Å². The molecule has 0 aromatic carbocycles. The summed E-state index contributed by atoms with van der Waals surface area (Å²) >= 11 is 0. The van der Waals surface area contributed by atoms with E-state index in [2.05, 4.69) is 14.9 Å². The first-order valence-electron chi connectivity index (χ1n) is 5.57. The van der Waals surface area contributed by atoms with Crippen molar-refractivity contribution in [1.29, 1.82) is 0 Å². The number of rotatable bonds is 2. The Labute approximate surface area is 90.0 Å². The van der Waals surface area contributed by atoms with Gasteiger partial charge in [0.25, 0.3) is 0 Å². The van der Waals surface area contributed by atoms with Gasteiger partial charge in [0.1, 0.15) is 5.82 Å². The zero-order chi connectivity index (χ0) is 10.5. The van der Waals surface area contributed by atoms with Crippen LogP contribution >= 0.6 is 0 Å². The number of nitrogens with zero attached hydrogens (tertiary/aromatic N) is 3. The van der Waals surface area contributed by atoms with E-state index >= 15 is 0 Å². The molecule has 1 aromatic rings. The number of aliphatic hydroxyl groups excluding tert-OH is 1. The second-order valence-corrected chi connectivity index (χ2v) is 3.93. The maximum atomic E-state index is 8.99. The quantitative estimate of drug-likeness (QED) is 0.795. The van der Waals surface area contributed by atoms with Gasteiger partial charge >= 0.3 is 0 Å². The third kappa shape index (κ3) is 2.65. The molecule has 0 bridgehead atoms. The lowest BCUT2D eigenvalue weighted by Gasteiger charge is -2.21. The first-order chi connectivity index (χ1) is 7.40. The highest BCUT2D eigenvalue weighted by Gasteiger charge is 2.11. The maximum absolute atomic E-state index is 8.99. The van der Waals surface area contributed by atoms with Gasteiger partial charge in [-0.05, 0) is 12.8 Å². The van der Waals surface area contributed by atoms with E-state index < -0.39 is 0 Å². The molecule has 4 nitrogen and oxygen atoms in total. The van der Waals surface area contributed by atoms with Crippen molar-refractivity contribution in [3.63, 3.8) is 0 Å².